The molecular weight excluding hydrogens is 235 g/mol. The Balaban J connectivity index is -0.00000000450. The van der Waals surface area contributed by atoms with E-state index in [4.69, 9.17) is 15.0 Å². The van der Waals surface area contributed by atoms with Gasteiger partial charge in [-0.1, -0.05) is 0 Å². The third-order valence-electron chi connectivity index (χ3n) is 0. The SMILES string of the molecule is O.O=C([O-])[O-].[Cu+2].[Cu+2].[OH-].[OH-]. The topological polar surface area (TPSA) is 155 Å². The number of carbonyl (C=O) groups excluding carboxylic acids is 1. The normalized spacial score (nSPS) is 2.67. The van der Waals surface area contributed by atoms with Crippen molar-refractivity contribution in [1.82, 2.24) is 0 Å². The van der Waals surface area contributed by atoms with E-state index >= 15 is 0 Å². The molecule has 0 aromatic carbocycles. The minimum atomic E-state index is -2.33. The summed E-state index contributed by atoms with van der Waals surface area (Å²) in [4.78, 5) is 8.33. The minimum absolute atomic E-state index is 0. The van der Waals surface area contributed by atoms with Crippen LogP contribution in [-0.4, -0.2) is 22.6 Å². The Morgan fingerprint density at radius 1 is 1.00 bits per heavy atom. The van der Waals surface area contributed by atoms with Gasteiger partial charge >= 0.3 is 34.1 Å². The van der Waals surface area contributed by atoms with Crippen molar-refractivity contribution in [3.05, 3.63) is 0 Å². The molecule has 0 amide bonds. The molecule has 0 rings (SSSR count). The van der Waals surface area contributed by atoms with Gasteiger partial charge in [-0.2, -0.15) is 0 Å². The number of carbonyl (C=O) groups is 1. The molecule has 0 aromatic heterocycles. The zero-order valence-electron chi connectivity index (χ0n) is 3.72. The summed E-state index contributed by atoms with van der Waals surface area (Å²) in [6.45, 7) is 0. The summed E-state index contributed by atoms with van der Waals surface area (Å²) in [5, 5.41) is 16.7. The molecule has 0 unspecified atom stereocenters. The van der Waals surface area contributed by atoms with E-state index in [0.29, 0.717) is 0 Å². The molecule has 0 fully saturated rings. The molecule has 0 atom stereocenters. The molecule has 6 nitrogen and oxygen atoms in total. The number of hydrogen-bond donors (Lipinski definition) is 0. The van der Waals surface area contributed by atoms with Gasteiger partial charge in [0.15, 0.2) is 0 Å². The molecule has 8 heteroatoms. The molecule has 0 aliphatic rings. The molecule has 0 aliphatic heterocycles. The summed E-state index contributed by atoms with van der Waals surface area (Å²) >= 11 is 0. The van der Waals surface area contributed by atoms with Gasteiger partial charge in [0, 0.05) is 0 Å². The van der Waals surface area contributed by atoms with Crippen molar-refractivity contribution < 1.29 is 65.6 Å². The van der Waals surface area contributed by atoms with Gasteiger partial charge in [0.25, 0.3) is 0 Å². The van der Waals surface area contributed by atoms with Gasteiger partial charge in [-0.15, -0.1) is 0 Å². The molecule has 4 N–H and O–H groups in total. The first-order valence-electron chi connectivity index (χ1n) is 0.612. The van der Waals surface area contributed by atoms with Crippen molar-refractivity contribution in [3.63, 3.8) is 0 Å². The fourth-order valence-electron chi connectivity index (χ4n) is 0. The molecule has 0 heterocycles. The average Bonchev–Trinajstić information content (AvgIpc) is 0.811. The van der Waals surface area contributed by atoms with Crippen LogP contribution in [0.3, 0.4) is 0 Å². The van der Waals surface area contributed by atoms with Gasteiger partial charge in [-0.05, 0) is 6.16 Å². The van der Waals surface area contributed by atoms with Crippen molar-refractivity contribution in [2.75, 3.05) is 0 Å². The van der Waals surface area contributed by atoms with Crippen molar-refractivity contribution >= 4 is 6.16 Å². The van der Waals surface area contributed by atoms with E-state index in [-0.39, 0.29) is 50.6 Å². The summed E-state index contributed by atoms with van der Waals surface area (Å²) in [7, 11) is 0. The standard InChI is InChI=1S/CH2O3.2Cu.3H2O/c2-1(3)4;;;;;/h(H2,2,3,4);;;3*1H2/q;2*+2;;;/p-4. The Hall–Kier alpha value is 0.189. The van der Waals surface area contributed by atoms with Crippen LogP contribution in [0.15, 0.2) is 0 Å². The van der Waals surface area contributed by atoms with Gasteiger partial charge in [0.2, 0.25) is 0 Å². The second-order valence-corrected chi connectivity index (χ2v) is 0.250. The maximum atomic E-state index is 8.33. The molecule has 0 aliphatic carbocycles. The van der Waals surface area contributed by atoms with Crippen LogP contribution < -0.4 is 10.2 Å². The molecule has 0 saturated heterocycles. The zero-order valence-corrected chi connectivity index (χ0v) is 5.61. The molecule has 9 heavy (non-hydrogen) atoms. The van der Waals surface area contributed by atoms with Gasteiger partial charge in [0.05, 0.1) is 0 Å². The van der Waals surface area contributed by atoms with Gasteiger partial charge < -0.3 is 31.4 Å². The Kier molecular flexibility index (Phi) is 280. The summed E-state index contributed by atoms with van der Waals surface area (Å²) in [5.74, 6) is 0. The number of carboxylic acid groups (broad SMARTS) is 2. The molecule has 0 bridgehead atoms. The molecule has 0 saturated carbocycles. The summed E-state index contributed by atoms with van der Waals surface area (Å²) in [5.41, 5.74) is 0. The smallest absolute Gasteiger partial charge is 0.870 e. The second kappa shape index (κ2) is 41.6. The predicted molar refractivity (Wildman–Crippen MR) is 12.9 cm³/mol. The Morgan fingerprint density at radius 2 is 1.00 bits per heavy atom. The molecule has 66 valence electrons. The van der Waals surface area contributed by atoms with E-state index in [0.717, 1.165) is 0 Å². The summed E-state index contributed by atoms with van der Waals surface area (Å²) in [6, 6.07) is 0. The van der Waals surface area contributed by atoms with Gasteiger partial charge in [-0.3, -0.25) is 0 Å². The van der Waals surface area contributed by atoms with Crippen molar-refractivity contribution in [2.24, 2.45) is 0 Å². The van der Waals surface area contributed by atoms with Crippen LogP contribution in [0.1, 0.15) is 0 Å². The number of rotatable bonds is 0. The maximum absolute atomic E-state index is 8.33. The monoisotopic (exact) mass is 238 g/mol. The van der Waals surface area contributed by atoms with Crippen molar-refractivity contribution in [2.45, 2.75) is 0 Å². The van der Waals surface area contributed by atoms with Crippen LogP contribution in [0, 0.1) is 0 Å². The summed E-state index contributed by atoms with van der Waals surface area (Å²) < 4.78 is 0. The minimum Gasteiger partial charge on any atom is -0.870 e. The Labute approximate surface area is 72.1 Å². The molecule has 2 radical (unpaired) electrons. The molecule has 0 aromatic rings. The van der Waals surface area contributed by atoms with Crippen LogP contribution in [0.2, 0.25) is 0 Å². The molecular formula is CH4Cu2O6. The second-order valence-electron chi connectivity index (χ2n) is 0.250. The van der Waals surface area contributed by atoms with Crippen LogP contribution in [0.5, 0.6) is 0 Å². The van der Waals surface area contributed by atoms with Crippen molar-refractivity contribution in [1.29, 1.82) is 0 Å². The largest absolute Gasteiger partial charge is 2.00 e. The third kappa shape index (κ3) is 8780. The van der Waals surface area contributed by atoms with E-state index in [1.54, 1.807) is 0 Å². The predicted octanol–water partition coefficient (Wildman–Crippen LogP) is -3.63. The van der Waals surface area contributed by atoms with E-state index in [9.17, 15) is 0 Å². The Morgan fingerprint density at radius 3 is 1.00 bits per heavy atom. The fraction of sp³-hybridized carbons (Fsp3) is 0. The van der Waals surface area contributed by atoms with E-state index < -0.39 is 6.16 Å². The zero-order chi connectivity index (χ0) is 3.58. The Bertz CT molecular complexity index is 34.0. The van der Waals surface area contributed by atoms with Gasteiger partial charge in [0.1, 0.15) is 0 Å². The van der Waals surface area contributed by atoms with E-state index in [1.165, 1.54) is 0 Å². The fourth-order valence-corrected chi connectivity index (χ4v) is 0. The van der Waals surface area contributed by atoms with Crippen LogP contribution in [0.4, 0.5) is 4.79 Å². The van der Waals surface area contributed by atoms with Crippen LogP contribution >= 0.6 is 0 Å². The third-order valence-corrected chi connectivity index (χ3v) is 0. The van der Waals surface area contributed by atoms with E-state index in [1.807, 2.05) is 0 Å². The van der Waals surface area contributed by atoms with Crippen LogP contribution in [-0.2, 0) is 34.1 Å². The average molecular weight is 239 g/mol. The first-order chi connectivity index (χ1) is 1.73. The quantitative estimate of drug-likeness (QED) is 0.399. The van der Waals surface area contributed by atoms with Crippen LogP contribution in [0.25, 0.3) is 0 Å². The number of hydrogen-bond acceptors (Lipinski definition) is 5. The van der Waals surface area contributed by atoms with Crippen molar-refractivity contribution in [3.8, 4) is 0 Å². The molecule has 0 spiro atoms. The first-order valence-corrected chi connectivity index (χ1v) is 0.612. The van der Waals surface area contributed by atoms with E-state index in [2.05, 4.69) is 0 Å². The first kappa shape index (κ1) is 60.6. The summed E-state index contributed by atoms with van der Waals surface area (Å²) in [6.07, 6.45) is -2.33. The maximum Gasteiger partial charge on any atom is 2.00 e. The van der Waals surface area contributed by atoms with Gasteiger partial charge in [-0.25, -0.2) is 0 Å².